The van der Waals surface area contributed by atoms with Gasteiger partial charge in [0, 0.05) is 17.2 Å². The highest BCUT2D eigenvalue weighted by Crippen LogP contribution is 2.37. The van der Waals surface area contributed by atoms with Gasteiger partial charge in [0.25, 0.3) is 0 Å². The average molecular weight is 360 g/mol. The number of amides is 2. The van der Waals surface area contributed by atoms with Crippen LogP contribution in [0.4, 0.5) is 9.18 Å². The number of rotatable bonds is 3. The third-order valence-corrected chi connectivity index (χ3v) is 5.38. The van der Waals surface area contributed by atoms with Crippen LogP contribution in [0.15, 0.2) is 41.3 Å². The Labute approximate surface area is 148 Å². The molecule has 2 aliphatic heterocycles. The topological polar surface area (TPSA) is 59.6 Å². The standard InChI is InChI=1S/C18H17FN2O3S/c19-13-3-1-2-12-14(6-7-25-17(12)13)21-18(22)20-9-11-4-5-15-16(8-11)24-10-23-15/h1-5,8,14H,6-7,9-10H2,(H2,20,21,22). The van der Waals surface area contributed by atoms with Crippen molar-refractivity contribution in [1.29, 1.82) is 0 Å². The number of thioether (sulfide) groups is 1. The van der Waals surface area contributed by atoms with Gasteiger partial charge in [-0.3, -0.25) is 0 Å². The molecule has 2 amide bonds. The van der Waals surface area contributed by atoms with E-state index in [1.54, 1.807) is 6.07 Å². The maximum absolute atomic E-state index is 13.9. The highest BCUT2D eigenvalue weighted by atomic mass is 32.2. The highest BCUT2D eigenvalue weighted by Gasteiger charge is 2.24. The van der Waals surface area contributed by atoms with Crippen molar-refractivity contribution in [3.8, 4) is 11.5 Å². The van der Waals surface area contributed by atoms with Gasteiger partial charge in [-0.25, -0.2) is 9.18 Å². The fourth-order valence-electron chi connectivity index (χ4n) is 2.98. The molecular weight excluding hydrogens is 343 g/mol. The zero-order valence-electron chi connectivity index (χ0n) is 13.4. The molecule has 7 heteroatoms. The number of ether oxygens (including phenoxy) is 2. The molecule has 0 aliphatic carbocycles. The second-order valence-corrected chi connectivity index (χ2v) is 6.97. The lowest BCUT2D eigenvalue weighted by Gasteiger charge is -2.26. The van der Waals surface area contributed by atoms with Crippen molar-refractivity contribution >= 4 is 17.8 Å². The number of halogens is 1. The summed E-state index contributed by atoms with van der Waals surface area (Å²) in [6.07, 6.45) is 0.776. The molecule has 2 aliphatic rings. The molecule has 0 saturated carbocycles. The molecule has 5 nitrogen and oxygen atoms in total. The number of benzene rings is 2. The molecule has 2 aromatic carbocycles. The van der Waals surface area contributed by atoms with Gasteiger partial charge in [0.05, 0.1) is 6.04 Å². The van der Waals surface area contributed by atoms with E-state index in [4.69, 9.17) is 9.47 Å². The zero-order valence-corrected chi connectivity index (χ0v) is 14.2. The van der Waals surface area contributed by atoms with E-state index in [2.05, 4.69) is 10.6 Å². The van der Waals surface area contributed by atoms with Crippen molar-refractivity contribution in [2.45, 2.75) is 23.9 Å². The lowest BCUT2D eigenvalue weighted by molar-refractivity contribution is 0.174. The van der Waals surface area contributed by atoms with E-state index in [0.717, 1.165) is 23.3 Å². The first-order valence-electron chi connectivity index (χ1n) is 8.05. The summed E-state index contributed by atoms with van der Waals surface area (Å²) in [7, 11) is 0. The van der Waals surface area contributed by atoms with Gasteiger partial charge < -0.3 is 20.1 Å². The summed E-state index contributed by atoms with van der Waals surface area (Å²) >= 11 is 1.50. The van der Waals surface area contributed by atoms with Crippen LogP contribution in [-0.2, 0) is 6.54 Å². The molecule has 2 heterocycles. The Morgan fingerprint density at radius 2 is 2.12 bits per heavy atom. The zero-order chi connectivity index (χ0) is 17.2. The normalized spacial score (nSPS) is 17.7. The fourth-order valence-corrected chi connectivity index (χ4v) is 4.12. The molecule has 0 fully saturated rings. The predicted octanol–water partition coefficient (Wildman–Crippen LogP) is 3.59. The summed E-state index contributed by atoms with van der Waals surface area (Å²) in [6, 6.07) is 10.1. The first-order chi connectivity index (χ1) is 12.2. The number of nitrogens with one attached hydrogen (secondary N) is 2. The quantitative estimate of drug-likeness (QED) is 0.878. The van der Waals surface area contributed by atoms with Crippen LogP contribution in [0.3, 0.4) is 0 Å². The highest BCUT2D eigenvalue weighted by molar-refractivity contribution is 7.99. The van der Waals surface area contributed by atoms with Gasteiger partial charge in [-0.15, -0.1) is 11.8 Å². The first-order valence-corrected chi connectivity index (χ1v) is 9.03. The van der Waals surface area contributed by atoms with Gasteiger partial charge in [-0.05, 0) is 35.7 Å². The van der Waals surface area contributed by atoms with Crippen LogP contribution in [-0.4, -0.2) is 18.6 Å². The Morgan fingerprint density at radius 3 is 3.04 bits per heavy atom. The van der Waals surface area contributed by atoms with Gasteiger partial charge in [-0.2, -0.15) is 0 Å². The smallest absolute Gasteiger partial charge is 0.315 e. The van der Waals surface area contributed by atoms with Gasteiger partial charge in [-0.1, -0.05) is 18.2 Å². The van der Waals surface area contributed by atoms with Gasteiger partial charge in [0.1, 0.15) is 5.82 Å². The molecule has 4 rings (SSSR count). The molecule has 130 valence electrons. The van der Waals surface area contributed by atoms with Crippen LogP contribution < -0.4 is 20.1 Å². The fraction of sp³-hybridized carbons (Fsp3) is 0.278. The Bertz CT molecular complexity index is 815. The second-order valence-electron chi connectivity index (χ2n) is 5.86. The summed E-state index contributed by atoms with van der Waals surface area (Å²) in [5.41, 5.74) is 1.76. The van der Waals surface area contributed by atoms with E-state index < -0.39 is 0 Å². The molecule has 0 spiro atoms. The van der Waals surface area contributed by atoms with Gasteiger partial charge in [0.15, 0.2) is 11.5 Å². The summed E-state index contributed by atoms with van der Waals surface area (Å²) in [4.78, 5) is 12.9. The number of hydrogen-bond acceptors (Lipinski definition) is 4. The molecule has 0 saturated heterocycles. The van der Waals surface area contributed by atoms with Crippen LogP contribution in [0, 0.1) is 5.82 Å². The SMILES string of the molecule is O=C(NCc1ccc2c(c1)OCO2)NC1CCSc2c(F)cccc21. The van der Waals surface area contributed by atoms with Gasteiger partial charge >= 0.3 is 6.03 Å². The van der Waals surface area contributed by atoms with Crippen LogP contribution >= 0.6 is 11.8 Å². The predicted molar refractivity (Wildman–Crippen MR) is 92.4 cm³/mol. The van der Waals surface area contributed by atoms with Crippen molar-refractivity contribution in [1.82, 2.24) is 10.6 Å². The van der Waals surface area contributed by atoms with E-state index in [0.29, 0.717) is 22.9 Å². The van der Waals surface area contributed by atoms with Crippen molar-refractivity contribution in [3.05, 3.63) is 53.3 Å². The Kier molecular flexibility index (Phi) is 4.40. The number of fused-ring (bicyclic) bond motifs is 2. The Morgan fingerprint density at radius 1 is 1.24 bits per heavy atom. The lowest BCUT2D eigenvalue weighted by Crippen LogP contribution is -2.38. The largest absolute Gasteiger partial charge is 0.454 e. The molecule has 0 aromatic heterocycles. The minimum Gasteiger partial charge on any atom is -0.454 e. The number of carbonyl (C=O) groups is 1. The van der Waals surface area contributed by atoms with Crippen molar-refractivity contribution in [2.75, 3.05) is 12.5 Å². The number of carbonyl (C=O) groups excluding carboxylic acids is 1. The Hall–Kier alpha value is -2.41. The van der Waals surface area contributed by atoms with Crippen LogP contribution in [0.1, 0.15) is 23.6 Å². The van der Waals surface area contributed by atoms with E-state index in [1.807, 2.05) is 24.3 Å². The monoisotopic (exact) mass is 360 g/mol. The van der Waals surface area contributed by atoms with E-state index in [1.165, 1.54) is 17.8 Å². The third kappa shape index (κ3) is 3.37. The van der Waals surface area contributed by atoms with E-state index >= 15 is 0 Å². The van der Waals surface area contributed by atoms with Crippen molar-refractivity contribution in [2.24, 2.45) is 0 Å². The first kappa shape index (κ1) is 16.1. The lowest BCUT2D eigenvalue weighted by atomic mass is 10.0. The molecule has 1 atom stereocenters. The molecule has 0 bridgehead atoms. The molecular formula is C18H17FN2O3S. The van der Waals surface area contributed by atoms with Crippen molar-refractivity contribution < 1.29 is 18.7 Å². The van der Waals surface area contributed by atoms with E-state index in [9.17, 15) is 9.18 Å². The summed E-state index contributed by atoms with van der Waals surface area (Å²) in [5, 5.41) is 5.77. The average Bonchev–Trinajstić information content (AvgIpc) is 3.09. The summed E-state index contributed by atoms with van der Waals surface area (Å²) in [5.74, 6) is 1.95. The molecule has 0 radical (unpaired) electrons. The third-order valence-electron chi connectivity index (χ3n) is 4.22. The van der Waals surface area contributed by atoms with Crippen LogP contribution in [0.25, 0.3) is 0 Å². The van der Waals surface area contributed by atoms with Crippen molar-refractivity contribution in [3.63, 3.8) is 0 Å². The molecule has 2 aromatic rings. The minimum absolute atomic E-state index is 0.177. The minimum atomic E-state index is -0.273. The van der Waals surface area contributed by atoms with Gasteiger partial charge in [0.2, 0.25) is 6.79 Å². The molecule has 1 unspecified atom stereocenters. The maximum atomic E-state index is 13.9. The second kappa shape index (κ2) is 6.84. The Balaban J connectivity index is 1.38. The maximum Gasteiger partial charge on any atom is 0.315 e. The van der Waals surface area contributed by atoms with Crippen LogP contribution in [0.5, 0.6) is 11.5 Å². The number of hydrogen-bond donors (Lipinski definition) is 2. The molecule has 25 heavy (non-hydrogen) atoms. The molecule has 2 N–H and O–H groups in total. The van der Waals surface area contributed by atoms with Crippen LogP contribution in [0.2, 0.25) is 0 Å². The van der Waals surface area contributed by atoms with E-state index in [-0.39, 0.29) is 24.7 Å². The summed E-state index contributed by atoms with van der Waals surface area (Å²) in [6.45, 7) is 0.600. The summed E-state index contributed by atoms with van der Waals surface area (Å²) < 4.78 is 24.5. The number of urea groups is 1.